The van der Waals surface area contributed by atoms with Crippen molar-refractivity contribution in [1.29, 1.82) is 0 Å². The first-order valence-corrected chi connectivity index (χ1v) is 10.4. The zero-order valence-corrected chi connectivity index (χ0v) is 19.0. The van der Waals surface area contributed by atoms with E-state index in [1.807, 2.05) is 20.8 Å². The second-order valence-electron chi connectivity index (χ2n) is 8.17. The number of nitrogens with zero attached hydrogens (tertiary/aromatic N) is 1. The first-order chi connectivity index (χ1) is 15.0. The van der Waals surface area contributed by atoms with Crippen molar-refractivity contribution in [3.05, 3.63) is 34.4 Å². The smallest absolute Gasteiger partial charge is 0.309 e. The Kier molecular flexibility index (Phi) is 11.4. The molecule has 11 nitrogen and oxygen atoms in total. The maximum atomic E-state index is 12.3. The molecule has 0 aromatic heterocycles. The molecule has 0 aliphatic rings. The van der Waals surface area contributed by atoms with Gasteiger partial charge in [0, 0.05) is 24.2 Å². The third-order valence-electron chi connectivity index (χ3n) is 4.16. The van der Waals surface area contributed by atoms with Gasteiger partial charge in [-0.3, -0.25) is 9.59 Å². The van der Waals surface area contributed by atoms with Crippen molar-refractivity contribution in [1.82, 2.24) is 5.32 Å². The normalized spacial score (nSPS) is 13.0. The Morgan fingerprint density at radius 2 is 1.88 bits per heavy atom. The summed E-state index contributed by atoms with van der Waals surface area (Å²) < 4.78 is 10.5. The van der Waals surface area contributed by atoms with E-state index < -0.39 is 29.0 Å². The molecule has 3 N–H and O–H groups in total. The number of hydrogen-bond donors (Lipinski definition) is 3. The van der Waals surface area contributed by atoms with Gasteiger partial charge >= 0.3 is 5.97 Å². The van der Waals surface area contributed by atoms with Crippen molar-refractivity contribution in [3.63, 3.8) is 0 Å². The second-order valence-corrected chi connectivity index (χ2v) is 8.17. The number of anilines is 1. The van der Waals surface area contributed by atoms with Crippen LogP contribution in [0.1, 0.15) is 40.5 Å². The highest BCUT2D eigenvalue weighted by Gasteiger charge is 2.23. The van der Waals surface area contributed by atoms with Gasteiger partial charge in [0.15, 0.2) is 0 Å². The van der Waals surface area contributed by atoms with Crippen molar-refractivity contribution >= 4 is 17.6 Å². The number of rotatable bonds is 14. The Labute approximate surface area is 187 Å². The lowest BCUT2D eigenvalue weighted by Gasteiger charge is -2.23. The van der Waals surface area contributed by atoms with Gasteiger partial charge in [-0.25, -0.2) is 0 Å². The molecule has 2 atom stereocenters. The molecule has 1 rings (SSSR count). The molecule has 0 spiro atoms. The maximum absolute atomic E-state index is 12.3. The van der Waals surface area contributed by atoms with Crippen LogP contribution in [0, 0.1) is 16.0 Å². The highest BCUT2D eigenvalue weighted by Crippen LogP contribution is 2.18. The first kappa shape index (κ1) is 27.1. The molecule has 1 aromatic carbocycles. The highest BCUT2D eigenvalue weighted by molar-refractivity contribution is 5.93. The zero-order chi connectivity index (χ0) is 24.1. The Bertz CT molecular complexity index is 734. The number of ether oxygens (including phenoxy) is 2. The minimum Gasteiger partial charge on any atom is -0.491 e. The quantitative estimate of drug-likeness (QED) is 0.217. The lowest BCUT2D eigenvalue weighted by molar-refractivity contribution is -0.758. The van der Waals surface area contributed by atoms with Crippen LogP contribution in [0.2, 0.25) is 0 Å². The first-order valence-electron chi connectivity index (χ1n) is 10.4. The van der Waals surface area contributed by atoms with Crippen molar-refractivity contribution in [2.45, 2.75) is 52.2 Å². The summed E-state index contributed by atoms with van der Waals surface area (Å²) in [5, 5.41) is 25.2. The molecule has 180 valence electrons. The van der Waals surface area contributed by atoms with E-state index in [-0.39, 0.29) is 38.2 Å². The number of carbonyl (C=O) groups excluding carboxylic acids is 2. The number of esters is 1. The topological polar surface area (TPSA) is 149 Å². The number of aliphatic hydroxyl groups is 1. The average Bonchev–Trinajstić information content (AvgIpc) is 2.70. The SMILES string of the molecule is CCOC(=O)C(CCO[N+](=O)[O-])CC(=O)Nc1ccc(OCC(O)CNC(C)(C)C)cc1. The molecule has 0 fully saturated rings. The Morgan fingerprint density at radius 3 is 2.44 bits per heavy atom. The number of benzene rings is 1. The van der Waals surface area contributed by atoms with E-state index in [9.17, 15) is 24.8 Å². The molecule has 1 amide bonds. The predicted molar refractivity (Wildman–Crippen MR) is 117 cm³/mol. The number of amides is 1. The van der Waals surface area contributed by atoms with Gasteiger partial charge in [0.2, 0.25) is 5.91 Å². The summed E-state index contributed by atoms with van der Waals surface area (Å²) in [6.07, 6.45) is -0.898. The van der Waals surface area contributed by atoms with Gasteiger partial charge in [0.05, 0.1) is 19.1 Å². The Morgan fingerprint density at radius 1 is 1.22 bits per heavy atom. The molecule has 0 saturated heterocycles. The van der Waals surface area contributed by atoms with E-state index in [2.05, 4.69) is 15.5 Å². The summed E-state index contributed by atoms with van der Waals surface area (Å²) in [6.45, 7) is 7.97. The molecule has 1 aromatic rings. The summed E-state index contributed by atoms with van der Waals surface area (Å²) in [6, 6.07) is 6.55. The van der Waals surface area contributed by atoms with E-state index in [1.165, 1.54) is 0 Å². The fourth-order valence-corrected chi connectivity index (χ4v) is 2.58. The molecule has 32 heavy (non-hydrogen) atoms. The lowest BCUT2D eigenvalue weighted by Crippen LogP contribution is -2.42. The van der Waals surface area contributed by atoms with Gasteiger partial charge in [-0.05, 0) is 58.4 Å². The highest BCUT2D eigenvalue weighted by atomic mass is 16.9. The molecule has 0 bridgehead atoms. The van der Waals surface area contributed by atoms with Gasteiger partial charge < -0.3 is 30.1 Å². The number of carbonyl (C=O) groups is 2. The number of β-amino-alcohol motifs (C(OH)–C–C–N with tert-alkyl or cyclic N) is 1. The minimum atomic E-state index is -0.952. The Balaban J connectivity index is 2.53. The van der Waals surface area contributed by atoms with Crippen LogP contribution in [-0.4, -0.2) is 60.1 Å². The van der Waals surface area contributed by atoms with Crippen LogP contribution < -0.4 is 15.4 Å². The molecule has 0 heterocycles. The fourth-order valence-electron chi connectivity index (χ4n) is 2.58. The molecule has 0 aliphatic heterocycles. The van der Waals surface area contributed by atoms with Crippen LogP contribution in [0.25, 0.3) is 0 Å². The molecule has 2 unspecified atom stereocenters. The van der Waals surface area contributed by atoms with Crippen LogP contribution in [0.3, 0.4) is 0 Å². The summed E-state index contributed by atoms with van der Waals surface area (Å²) in [4.78, 5) is 38.8. The minimum absolute atomic E-state index is 0.0214. The molecular weight excluding hydrogens is 422 g/mol. The van der Waals surface area contributed by atoms with Crippen molar-refractivity contribution in [2.75, 3.05) is 31.7 Å². The van der Waals surface area contributed by atoms with Crippen molar-refractivity contribution < 1.29 is 34.1 Å². The molecule has 0 radical (unpaired) electrons. The number of nitrogens with one attached hydrogen (secondary N) is 2. The molecule has 0 saturated carbocycles. The van der Waals surface area contributed by atoms with Gasteiger partial charge in [-0.2, -0.15) is 0 Å². The lowest BCUT2D eigenvalue weighted by atomic mass is 10.0. The van der Waals surface area contributed by atoms with E-state index >= 15 is 0 Å². The summed E-state index contributed by atoms with van der Waals surface area (Å²) in [7, 11) is 0. The van der Waals surface area contributed by atoms with E-state index in [0.717, 1.165) is 0 Å². The summed E-state index contributed by atoms with van der Waals surface area (Å²) in [5.74, 6) is -1.39. The zero-order valence-electron chi connectivity index (χ0n) is 19.0. The van der Waals surface area contributed by atoms with Gasteiger partial charge in [0.25, 0.3) is 5.09 Å². The molecular formula is C21H33N3O8. The van der Waals surface area contributed by atoms with Crippen LogP contribution >= 0.6 is 0 Å². The summed E-state index contributed by atoms with van der Waals surface area (Å²) >= 11 is 0. The number of aliphatic hydroxyl groups excluding tert-OH is 1. The third-order valence-corrected chi connectivity index (χ3v) is 4.16. The molecule has 11 heteroatoms. The van der Waals surface area contributed by atoms with E-state index in [1.54, 1.807) is 31.2 Å². The van der Waals surface area contributed by atoms with Crippen LogP contribution in [0.5, 0.6) is 5.75 Å². The second kappa shape index (κ2) is 13.5. The van der Waals surface area contributed by atoms with Gasteiger partial charge in [0.1, 0.15) is 18.5 Å². The van der Waals surface area contributed by atoms with Crippen molar-refractivity contribution in [2.24, 2.45) is 5.92 Å². The number of hydrogen-bond acceptors (Lipinski definition) is 9. The summed E-state index contributed by atoms with van der Waals surface area (Å²) in [5.41, 5.74) is 0.383. The average molecular weight is 456 g/mol. The van der Waals surface area contributed by atoms with E-state index in [0.29, 0.717) is 18.0 Å². The molecule has 0 aliphatic carbocycles. The van der Waals surface area contributed by atoms with Gasteiger partial charge in [-0.15, -0.1) is 10.1 Å². The Hall–Kier alpha value is -2.92. The predicted octanol–water partition coefficient (Wildman–Crippen LogP) is 1.92. The monoisotopic (exact) mass is 455 g/mol. The van der Waals surface area contributed by atoms with Crippen molar-refractivity contribution in [3.8, 4) is 5.75 Å². The third kappa shape index (κ3) is 12.1. The van der Waals surface area contributed by atoms with Crippen LogP contribution in [0.4, 0.5) is 5.69 Å². The van der Waals surface area contributed by atoms with E-state index in [4.69, 9.17) is 9.47 Å². The largest absolute Gasteiger partial charge is 0.491 e. The fraction of sp³-hybridized carbons (Fsp3) is 0.619. The standard InChI is InChI=1S/C21H33N3O8/c1-5-30-20(27)15(10-11-32-24(28)29)12-19(26)23-16-6-8-18(9-7-16)31-14-17(25)13-22-21(2,3)4/h6-9,15,17,22,25H,5,10-14H2,1-4H3,(H,23,26). The van der Waals surface area contributed by atoms with Gasteiger partial charge in [-0.1, -0.05) is 0 Å². The van der Waals surface area contributed by atoms with Crippen LogP contribution in [-0.2, 0) is 19.2 Å². The van der Waals surface area contributed by atoms with Crippen LogP contribution in [0.15, 0.2) is 24.3 Å². The maximum Gasteiger partial charge on any atom is 0.309 e.